The van der Waals surface area contributed by atoms with Crippen molar-refractivity contribution in [3.63, 3.8) is 0 Å². The minimum atomic E-state index is -2.67. The number of imidazole rings is 1. The van der Waals surface area contributed by atoms with Gasteiger partial charge in [0.05, 0.1) is 35.0 Å². The summed E-state index contributed by atoms with van der Waals surface area (Å²) in [5.41, 5.74) is 3.03. The standard InChI is InChI=1S/C32H34ClN5O6S/c1-32(27-7-6-21(33)16-35-27)43-25-5-3-4-23(30(25)44-32)19-8-11-37(12-9-19)18-28-36-29-24(14-20(31(39)40)15-26(29)42-2)38(28)17-22-10-13-45(22,34)41/h3-7,14-16,19,22,34H,8-13,17-18H2,1-2H3,(H,39,40)/t22-,32-,45?/m0/s1. The quantitative estimate of drug-likeness (QED) is 0.248. The van der Waals surface area contributed by atoms with E-state index in [2.05, 4.69) is 16.0 Å². The van der Waals surface area contributed by atoms with Crippen LogP contribution in [-0.4, -0.2) is 65.9 Å². The Morgan fingerprint density at radius 3 is 2.64 bits per heavy atom. The highest BCUT2D eigenvalue weighted by Gasteiger charge is 2.42. The van der Waals surface area contributed by atoms with Crippen molar-refractivity contribution >= 4 is 38.3 Å². The molecular weight excluding hydrogens is 618 g/mol. The highest BCUT2D eigenvalue weighted by Crippen LogP contribution is 2.49. The lowest BCUT2D eigenvalue weighted by molar-refractivity contribution is -0.0722. The van der Waals surface area contributed by atoms with Crippen molar-refractivity contribution in [3.05, 3.63) is 76.3 Å². The minimum Gasteiger partial charge on any atom is -0.494 e. The minimum absolute atomic E-state index is 0.0950. The van der Waals surface area contributed by atoms with Crippen molar-refractivity contribution in [1.82, 2.24) is 19.4 Å². The smallest absolute Gasteiger partial charge is 0.335 e. The summed E-state index contributed by atoms with van der Waals surface area (Å²) in [5.74, 6) is 1.11. The van der Waals surface area contributed by atoms with Gasteiger partial charge in [-0.15, -0.1) is 0 Å². The first-order valence-corrected chi connectivity index (χ1v) is 17.1. The zero-order chi connectivity index (χ0) is 31.5. The molecule has 2 fully saturated rings. The van der Waals surface area contributed by atoms with E-state index < -0.39 is 21.5 Å². The average molecular weight is 652 g/mol. The fourth-order valence-corrected chi connectivity index (χ4v) is 8.08. The maximum Gasteiger partial charge on any atom is 0.335 e. The zero-order valence-corrected chi connectivity index (χ0v) is 26.6. The Bertz CT molecular complexity index is 1910. The molecule has 0 radical (unpaired) electrons. The van der Waals surface area contributed by atoms with Crippen LogP contribution >= 0.6 is 11.6 Å². The number of fused-ring (bicyclic) bond motifs is 2. The normalized spacial score (nSPS) is 24.9. The molecule has 236 valence electrons. The number of rotatable bonds is 8. The third-order valence-electron chi connectivity index (χ3n) is 9.23. The van der Waals surface area contributed by atoms with E-state index in [0.29, 0.717) is 58.5 Å². The number of halogens is 1. The first kappa shape index (κ1) is 29.8. The number of nitrogens with one attached hydrogen (secondary N) is 1. The lowest BCUT2D eigenvalue weighted by Crippen LogP contribution is -2.39. The van der Waals surface area contributed by atoms with Crippen molar-refractivity contribution in [3.8, 4) is 17.2 Å². The van der Waals surface area contributed by atoms with Gasteiger partial charge < -0.3 is 23.9 Å². The number of para-hydroxylation sites is 1. The lowest BCUT2D eigenvalue weighted by atomic mass is 9.88. The van der Waals surface area contributed by atoms with Gasteiger partial charge in [0.2, 0.25) is 0 Å². The molecule has 4 aromatic rings. The molecule has 45 heavy (non-hydrogen) atoms. The number of hydrogen-bond donors (Lipinski definition) is 2. The number of nitrogens with zero attached hydrogens (tertiary/aromatic N) is 4. The van der Waals surface area contributed by atoms with E-state index in [0.717, 1.165) is 43.1 Å². The molecule has 2 aromatic heterocycles. The van der Waals surface area contributed by atoms with E-state index in [1.807, 2.05) is 29.7 Å². The van der Waals surface area contributed by atoms with Crippen LogP contribution in [0.2, 0.25) is 5.02 Å². The fourth-order valence-electron chi connectivity index (χ4n) is 6.58. The summed E-state index contributed by atoms with van der Waals surface area (Å²) in [6, 6.07) is 12.7. The van der Waals surface area contributed by atoms with E-state index in [1.165, 1.54) is 13.2 Å². The van der Waals surface area contributed by atoms with Gasteiger partial charge in [0.25, 0.3) is 5.79 Å². The van der Waals surface area contributed by atoms with Crippen LogP contribution in [0.25, 0.3) is 11.0 Å². The molecule has 1 unspecified atom stereocenters. The summed E-state index contributed by atoms with van der Waals surface area (Å²) < 4.78 is 41.1. The molecule has 0 bridgehead atoms. The summed E-state index contributed by atoms with van der Waals surface area (Å²) in [6.45, 7) is 4.37. The maximum absolute atomic E-state index is 12.7. The number of pyridine rings is 1. The molecule has 11 nitrogen and oxygen atoms in total. The molecule has 0 saturated carbocycles. The second-order valence-electron chi connectivity index (χ2n) is 12.1. The SMILES string of the molecule is COc1cc(C(=O)O)cc2c1nc(CN1CCC(c3cccc4c3O[C@@](C)(c3ccc(Cl)cn3)O4)CC1)n2C[C@@H]1CCS1(=N)=O. The predicted octanol–water partition coefficient (Wildman–Crippen LogP) is 5.63. The number of benzene rings is 2. The van der Waals surface area contributed by atoms with Crippen LogP contribution in [0.3, 0.4) is 0 Å². The Hall–Kier alpha value is -3.87. The van der Waals surface area contributed by atoms with Crippen LogP contribution in [0.5, 0.6) is 17.2 Å². The van der Waals surface area contributed by atoms with E-state index in [1.54, 1.807) is 18.3 Å². The Labute approximate surface area is 266 Å². The van der Waals surface area contributed by atoms with Gasteiger partial charge in [-0.25, -0.2) is 14.0 Å². The van der Waals surface area contributed by atoms with E-state index in [-0.39, 0.29) is 16.7 Å². The van der Waals surface area contributed by atoms with E-state index >= 15 is 0 Å². The molecule has 0 amide bonds. The van der Waals surface area contributed by atoms with E-state index in [9.17, 15) is 14.1 Å². The van der Waals surface area contributed by atoms with Crippen LogP contribution in [-0.2, 0) is 28.6 Å². The topological polar surface area (TPSA) is 140 Å². The molecule has 13 heteroatoms. The first-order chi connectivity index (χ1) is 21.5. The first-order valence-electron chi connectivity index (χ1n) is 15.0. The van der Waals surface area contributed by atoms with Crippen molar-refractivity contribution in [1.29, 1.82) is 4.78 Å². The number of aromatic nitrogens is 3. The Kier molecular flexibility index (Phi) is 7.41. The van der Waals surface area contributed by atoms with Gasteiger partial charge in [0.15, 0.2) is 11.5 Å². The van der Waals surface area contributed by atoms with Gasteiger partial charge in [-0.05, 0) is 68.6 Å². The van der Waals surface area contributed by atoms with Gasteiger partial charge in [-0.1, -0.05) is 23.7 Å². The average Bonchev–Trinajstić information content (AvgIpc) is 3.56. The molecule has 2 aromatic carbocycles. The summed E-state index contributed by atoms with van der Waals surface area (Å²) in [7, 11) is -1.18. The number of methoxy groups -OCH3 is 1. The largest absolute Gasteiger partial charge is 0.494 e. The van der Waals surface area contributed by atoms with Gasteiger partial charge >= 0.3 is 5.97 Å². The van der Waals surface area contributed by atoms with Crippen molar-refractivity contribution in [2.75, 3.05) is 26.0 Å². The molecule has 2 saturated heterocycles. The summed E-state index contributed by atoms with van der Waals surface area (Å²) >= 11 is 6.05. The predicted molar refractivity (Wildman–Crippen MR) is 169 cm³/mol. The molecular formula is C32H34ClN5O6S. The second-order valence-corrected chi connectivity index (χ2v) is 15.0. The number of carbonyl (C=O) groups is 1. The third kappa shape index (κ3) is 5.38. The molecule has 5 heterocycles. The monoisotopic (exact) mass is 651 g/mol. The molecule has 0 aliphatic carbocycles. The molecule has 3 aliphatic rings. The van der Waals surface area contributed by atoms with Crippen molar-refractivity contribution in [2.45, 2.75) is 56.2 Å². The highest BCUT2D eigenvalue weighted by molar-refractivity contribution is 7.94. The number of aromatic carboxylic acids is 1. The molecule has 3 aliphatic heterocycles. The molecule has 2 N–H and O–H groups in total. The van der Waals surface area contributed by atoms with Gasteiger partial charge in [0, 0.05) is 40.7 Å². The maximum atomic E-state index is 12.7. The Morgan fingerprint density at radius 1 is 1.20 bits per heavy atom. The van der Waals surface area contributed by atoms with Crippen molar-refractivity contribution in [2.24, 2.45) is 0 Å². The summed E-state index contributed by atoms with van der Waals surface area (Å²) in [4.78, 5) is 23.6. The van der Waals surface area contributed by atoms with Crippen LogP contribution in [0.1, 0.15) is 59.5 Å². The van der Waals surface area contributed by atoms with Gasteiger partial charge in [-0.3, -0.25) is 14.7 Å². The van der Waals surface area contributed by atoms with Gasteiger partial charge in [0.1, 0.15) is 22.8 Å². The van der Waals surface area contributed by atoms with Crippen molar-refractivity contribution < 1.29 is 28.3 Å². The summed E-state index contributed by atoms with van der Waals surface area (Å²) in [5, 5.41) is 9.97. The Morgan fingerprint density at radius 2 is 2.00 bits per heavy atom. The summed E-state index contributed by atoms with van der Waals surface area (Å²) in [6.07, 6.45) is 4.07. The number of carboxylic acid groups (broad SMARTS) is 1. The number of piperidine rings is 1. The number of likely N-dealkylation sites (tertiary alicyclic amines) is 1. The van der Waals surface area contributed by atoms with Crippen LogP contribution in [0.4, 0.5) is 0 Å². The van der Waals surface area contributed by atoms with Crippen LogP contribution < -0.4 is 14.2 Å². The fraction of sp³-hybridized carbons (Fsp3) is 0.406. The molecule has 3 atom stereocenters. The molecule has 0 spiro atoms. The lowest BCUT2D eigenvalue weighted by Gasteiger charge is -2.33. The molecule has 7 rings (SSSR count). The van der Waals surface area contributed by atoms with Crippen LogP contribution in [0, 0.1) is 4.78 Å². The third-order valence-corrected chi connectivity index (χ3v) is 11.8. The Balaban J connectivity index is 1.12. The second kappa shape index (κ2) is 11.2. The number of ether oxygens (including phenoxy) is 3. The number of carboxylic acids is 1. The highest BCUT2D eigenvalue weighted by atomic mass is 35.5. The van der Waals surface area contributed by atoms with Crippen LogP contribution in [0.15, 0.2) is 48.7 Å². The van der Waals surface area contributed by atoms with E-state index in [4.69, 9.17) is 35.6 Å². The zero-order valence-electron chi connectivity index (χ0n) is 25.0. The number of hydrogen-bond acceptors (Lipinski definition) is 9. The van der Waals surface area contributed by atoms with Gasteiger partial charge in [-0.2, -0.15) is 0 Å².